The van der Waals surface area contributed by atoms with Crippen molar-refractivity contribution in [2.24, 2.45) is 0 Å². The number of hydrogen-bond donors (Lipinski definition) is 1. The predicted molar refractivity (Wildman–Crippen MR) is 116 cm³/mol. The summed E-state index contributed by atoms with van der Waals surface area (Å²) in [6, 6.07) is 13.9. The Hall–Kier alpha value is -2.70. The van der Waals surface area contributed by atoms with Gasteiger partial charge in [0, 0.05) is 30.0 Å². The molecule has 1 fully saturated rings. The minimum Gasteiger partial charge on any atom is -0.383 e. The van der Waals surface area contributed by atoms with E-state index in [0.29, 0.717) is 18.9 Å². The second-order valence-corrected chi connectivity index (χ2v) is 7.87. The van der Waals surface area contributed by atoms with Gasteiger partial charge in [0.25, 0.3) is 0 Å². The maximum atomic E-state index is 12.6. The molecule has 0 saturated carbocycles. The molecule has 0 atom stereocenters. The fourth-order valence-corrected chi connectivity index (χ4v) is 3.84. The Bertz CT molecular complexity index is 1010. The molecular weight excluding hydrogens is 386 g/mol. The summed E-state index contributed by atoms with van der Waals surface area (Å²) < 4.78 is 0. The zero-order chi connectivity index (χ0) is 20.2. The molecule has 0 bridgehead atoms. The van der Waals surface area contributed by atoms with Gasteiger partial charge in [-0.15, -0.1) is 0 Å². The molecule has 0 aliphatic carbocycles. The van der Waals surface area contributed by atoms with Crippen LogP contribution in [-0.4, -0.2) is 51.9 Å². The summed E-state index contributed by atoms with van der Waals surface area (Å²) in [6.07, 6.45) is 3.49. The molecule has 29 heavy (non-hydrogen) atoms. The van der Waals surface area contributed by atoms with Crippen molar-refractivity contribution in [1.82, 2.24) is 19.8 Å². The van der Waals surface area contributed by atoms with Crippen LogP contribution in [0, 0.1) is 0 Å². The molecule has 7 heteroatoms. The van der Waals surface area contributed by atoms with E-state index in [1.54, 1.807) is 0 Å². The lowest BCUT2D eigenvalue weighted by atomic mass is 10.1. The van der Waals surface area contributed by atoms with Crippen molar-refractivity contribution in [1.29, 1.82) is 0 Å². The number of halogens is 1. The predicted octanol–water partition coefficient (Wildman–Crippen LogP) is 3.14. The van der Waals surface area contributed by atoms with E-state index in [-0.39, 0.29) is 5.91 Å². The highest BCUT2D eigenvalue weighted by molar-refractivity contribution is 6.30. The Morgan fingerprint density at radius 3 is 2.62 bits per heavy atom. The van der Waals surface area contributed by atoms with Crippen LogP contribution >= 0.6 is 11.6 Å². The molecule has 1 aromatic heterocycles. The van der Waals surface area contributed by atoms with E-state index in [1.807, 2.05) is 35.2 Å². The van der Waals surface area contributed by atoms with Gasteiger partial charge < -0.3 is 10.6 Å². The van der Waals surface area contributed by atoms with Crippen LogP contribution in [0.5, 0.6) is 0 Å². The van der Waals surface area contributed by atoms with E-state index in [0.717, 1.165) is 54.0 Å². The average molecular weight is 410 g/mol. The van der Waals surface area contributed by atoms with Crippen LogP contribution in [0.3, 0.4) is 0 Å². The SMILES string of the molecule is Nc1ncnc2cc(CN3CCN(CCCc4ccc(Cl)cc4)CC3=O)ccc12. The van der Waals surface area contributed by atoms with E-state index < -0.39 is 0 Å². The smallest absolute Gasteiger partial charge is 0.237 e. The van der Waals surface area contributed by atoms with Crippen molar-refractivity contribution in [3.63, 3.8) is 0 Å². The fourth-order valence-electron chi connectivity index (χ4n) is 3.72. The number of hydrogen-bond acceptors (Lipinski definition) is 5. The topological polar surface area (TPSA) is 75.3 Å². The van der Waals surface area contributed by atoms with Crippen molar-refractivity contribution in [2.75, 3.05) is 31.9 Å². The van der Waals surface area contributed by atoms with Gasteiger partial charge in [0.05, 0.1) is 12.1 Å². The van der Waals surface area contributed by atoms with Gasteiger partial charge in [-0.2, -0.15) is 0 Å². The molecule has 1 saturated heterocycles. The molecule has 2 aromatic carbocycles. The molecule has 4 rings (SSSR count). The summed E-state index contributed by atoms with van der Waals surface area (Å²) >= 11 is 5.93. The second-order valence-electron chi connectivity index (χ2n) is 7.43. The number of carbonyl (C=O) groups excluding carboxylic acids is 1. The first-order chi connectivity index (χ1) is 14.1. The van der Waals surface area contributed by atoms with E-state index in [4.69, 9.17) is 17.3 Å². The number of rotatable bonds is 6. The summed E-state index contributed by atoms with van der Waals surface area (Å²) in [5, 5.41) is 1.60. The van der Waals surface area contributed by atoms with Gasteiger partial charge in [0.2, 0.25) is 5.91 Å². The van der Waals surface area contributed by atoms with Crippen molar-refractivity contribution in [2.45, 2.75) is 19.4 Å². The summed E-state index contributed by atoms with van der Waals surface area (Å²) in [5.74, 6) is 0.648. The zero-order valence-corrected chi connectivity index (χ0v) is 17.0. The highest BCUT2D eigenvalue weighted by atomic mass is 35.5. The maximum Gasteiger partial charge on any atom is 0.237 e. The van der Waals surface area contributed by atoms with Crippen LogP contribution in [0.2, 0.25) is 5.02 Å². The summed E-state index contributed by atoms with van der Waals surface area (Å²) in [7, 11) is 0. The zero-order valence-electron chi connectivity index (χ0n) is 16.2. The average Bonchev–Trinajstić information content (AvgIpc) is 2.72. The largest absolute Gasteiger partial charge is 0.383 e. The maximum absolute atomic E-state index is 12.6. The number of piperazine rings is 1. The van der Waals surface area contributed by atoms with Crippen molar-refractivity contribution < 1.29 is 4.79 Å². The highest BCUT2D eigenvalue weighted by Gasteiger charge is 2.23. The molecule has 1 amide bonds. The van der Waals surface area contributed by atoms with Gasteiger partial charge >= 0.3 is 0 Å². The van der Waals surface area contributed by atoms with Crippen molar-refractivity contribution >= 4 is 34.2 Å². The van der Waals surface area contributed by atoms with Gasteiger partial charge in [-0.1, -0.05) is 29.8 Å². The molecule has 0 radical (unpaired) electrons. The lowest BCUT2D eigenvalue weighted by Gasteiger charge is -2.34. The van der Waals surface area contributed by atoms with Crippen LogP contribution in [-0.2, 0) is 17.8 Å². The standard InChI is InChI=1S/C22H24ClN5O/c23-18-6-3-16(4-7-18)2-1-9-27-10-11-28(21(29)14-27)13-17-5-8-19-20(12-17)25-15-26-22(19)24/h3-8,12,15H,1-2,9-11,13-14H2,(H2,24,25,26). The quantitative estimate of drug-likeness (QED) is 0.676. The number of nitrogen functional groups attached to an aromatic ring is 1. The number of nitrogens with zero attached hydrogens (tertiary/aromatic N) is 4. The Balaban J connectivity index is 1.29. The van der Waals surface area contributed by atoms with Gasteiger partial charge in [-0.05, 0) is 54.8 Å². The van der Waals surface area contributed by atoms with E-state index in [9.17, 15) is 4.79 Å². The van der Waals surface area contributed by atoms with Gasteiger partial charge in [-0.3, -0.25) is 9.69 Å². The normalized spacial score (nSPS) is 15.2. The monoisotopic (exact) mass is 409 g/mol. The van der Waals surface area contributed by atoms with Crippen LogP contribution < -0.4 is 5.73 Å². The van der Waals surface area contributed by atoms with Crippen LogP contribution in [0.15, 0.2) is 48.8 Å². The molecule has 1 aliphatic heterocycles. The molecule has 0 spiro atoms. The van der Waals surface area contributed by atoms with Gasteiger partial charge in [0.15, 0.2) is 0 Å². The molecule has 3 aromatic rings. The summed E-state index contributed by atoms with van der Waals surface area (Å²) in [6.45, 7) is 3.63. The number of anilines is 1. The highest BCUT2D eigenvalue weighted by Crippen LogP contribution is 2.19. The molecule has 6 nitrogen and oxygen atoms in total. The van der Waals surface area contributed by atoms with E-state index >= 15 is 0 Å². The minimum atomic E-state index is 0.171. The summed E-state index contributed by atoms with van der Waals surface area (Å²) in [4.78, 5) is 25.1. The lowest BCUT2D eigenvalue weighted by Crippen LogP contribution is -2.50. The van der Waals surface area contributed by atoms with Gasteiger partial charge in [0.1, 0.15) is 12.1 Å². The van der Waals surface area contributed by atoms with E-state index in [1.165, 1.54) is 11.9 Å². The molecule has 2 N–H and O–H groups in total. The molecular formula is C22H24ClN5O. The lowest BCUT2D eigenvalue weighted by molar-refractivity contribution is -0.136. The first kappa shape index (κ1) is 19.6. The van der Waals surface area contributed by atoms with Crippen molar-refractivity contribution in [3.8, 4) is 0 Å². The number of fused-ring (bicyclic) bond motifs is 1. The number of nitrogens with two attached hydrogens (primary N) is 1. The number of aromatic nitrogens is 2. The Morgan fingerprint density at radius 2 is 1.83 bits per heavy atom. The van der Waals surface area contributed by atoms with Gasteiger partial charge in [-0.25, -0.2) is 9.97 Å². The number of amides is 1. The number of aryl methyl sites for hydroxylation is 1. The van der Waals surface area contributed by atoms with Crippen LogP contribution in [0.25, 0.3) is 10.9 Å². The minimum absolute atomic E-state index is 0.171. The Morgan fingerprint density at radius 1 is 1.03 bits per heavy atom. The number of carbonyl (C=O) groups is 1. The third-order valence-corrected chi connectivity index (χ3v) is 5.61. The van der Waals surface area contributed by atoms with Crippen LogP contribution in [0.1, 0.15) is 17.5 Å². The third kappa shape index (κ3) is 4.83. The second kappa shape index (κ2) is 8.76. The molecule has 2 heterocycles. The molecule has 1 aliphatic rings. The third-order valence-electron chi connectivity index (χ3n) is 5.36. The van der Waals surface area contributed by atoms with Crippen molar-refractivity contribution in [3.05, 3.63) is 64.9 Å². The Labute approximate surface area is 175 Å². The van der Waals surface area contributed by atoms with E-state index in [2.05, 4.69) is 27.0 Å². The van der Waals surface area contributed by atoms with Crippen LogP contribution in [0.4, 0.5) is 5.82 Å². The fraction of sp³-hybridized carbons (Fsp3) is 0.318. The molecule has 150 valence electrons. The molecule has 0 unspecified atom stereocenters. The first-order valence-corrected chi connectivity index (χ1v) is 10.2. The first-order valence-electron chi connectivity index (χ1n) is 9.82. The summed E-state index contributed by atoms with van der Waals surface area (Å²) in [5.41, 5.74) is 9.03. The number of benzene rings is 2. The Kier molecular flexibility index (Phi) is 5.92.